The van der Waals surface area contributed by atoms with E-state index in [1.54, 1.807) is 23.1 Å². The van der Waals surface area contributed by atoms with E-state index in [2.05, 4.69) is 9.80 Å². The van der Waals surface area contributed by atoms with Crippen molar-refractivity contribution in [3.63, 3.8) is 0 Å². The number of hydrogen-bond donors (Lipinski definition) is 1. The van der Waals surface area contributed by atoms with Crippen LogP contribution in [0, 0.1) is 5.82 Å². The predicted molar refractivity (Wildman–Crippen MR) is 124 cm³/mol. The minimum atomic E-state index is -0.474. The molecule has 7 heteroatoms. The number of carbonyl (C=O) groups is 1. The summed E-state index contributed by atoms with van der Waals surface area (Å²) < 4.78 is 19.2. The van der Waals surface area contributed by atoms with Gasteiger partial charge in [0.2, 0.25) is 0 Å². The molecule has 0 aromatic heterocycles. The molecule has 4 heterocycles. The first kappa shape index (κ1) is 21.7. The van der Waals surface area contributed by atoms with Crippen molar-refractivity contribution in [2.24, 2.45) is 0 Å². The molecule has 0 aliphatic carbocycles. The Bertz CT molecular complexity index is 1100. The van der Waals surface area contributed by atoms with E-state index in [-0.39, 0.29) is 17.7 Å². The van der Waals surface area contributed by atoms with Gasteiger partial charge in [-0.3, -0.25) is 14.6 Å². The number of rotatable bonds is 4. The Kier molecular flexibility index (Phi) is 5.91. The monoisotopic (exact) mass is 449 g/mol. The maximum atomic E-state index is 14.2. The number of fused-ring (bicyclic) bond motifs is 1. The van der Waals surface area contributed by atoms with Gasteiger partial charge in [0.25, 0.3) is 5.91 Å². The van der Waals surface area contributed by atoms with Crippen LogP contribution in [0.4, 0.5) is 4.39 Å². The highest BCUT2D eigenvalue weighted by atomic mass is 19.1. The number of aliphatic hydroxyl groups excluding tert-OH is 1. The van der Waals surface area contributed by atoms with Crippen LogP contribution in [0.5, 0.6) is 5.75 Å². The average molecular weight is 450 g/mol. The molecule has 2 saturated heterocycles. The summed E-state index contributed by atoms with van der Waals surface area (Å²) in [5.74, 6) is -0.524. The summed E-state index contributed by atoms with van der Waals surface area (Å²) in [6, 6.07) is 4.79. The number of nitrogens with zero attached hydrogens (tertiary/aromatic N) is 3. The highest BCUT2D eigenvalue weighted by molar-refractivity contribution is 5.99. The van der Waals surface area contributed by atoms with Gasteiger partial charge < -0.3 is 14.7 Å². The topological polar surface area (TPSA) is 56.3 Å². The molecule has 1 N–H and O–H groups in total. The maximum absolute atomic E-state index is 14.2. The molecule has 2 atom stereocenters. The number of amides is 1. The zero-order chi connectivity index (χ0) is 22.9. The van der Waals surface area contributed by atoms with E-state index >= 15 is 0 Å². The molecule has 2 fully saturated rings. The summed E-state index contributed by atoms with van der Waals surface area (Å²) in [5.41, 5.74) is 2.87. The van der Waals surface area contributed by atoms with E-state index in [4.69, 9.17) is 4.74 Å². The fourth-order valence-corrected chi connectivity index (χ4v) is 4.95. The molecule has 172 valence electrons. The van der Waals surface area contributed by atoms with E-state index < -0.39 is 11.9 Å². The minimum absolute atomic E-state index is 0.126. The lowest BCUT2D eigenvalue weighted by Crippen LogP contribution is -2.41. The van der Waals surface area contributed by atoms with Crippen molar-refractivity contribution in [1.29, 1.82) is 0 Å². The summed E-state index contributed by atoms with van der Waals surface area (Å²) in [6.07, 6.45) is 14.7. The first-order valence-corrected chi connectivity index (χ1v) is 11.4. The highest BCUT2D eigenvalue weighted by Gasteiger charge is 2.37. The van der Waals surface area contributed by atoms with Crippen LogP contribution >= 0.6 is 0 Å². The molecule has 1 aromatic rings. The van der Waals surface area contributed by atoms with Crippen LogP contribution in [0.25, 0.3) is 5.57 Å². The van der Waals surface area contributed by atoms with E-state index in [9.17, 15) is 14.3 Å². The number of β-amino-alcohol motifs (C(OH)–C–C–N with tert-alkyl or cyclic N) is 1. The normalized spacial score (nSPS) is 29.5. The molecule has 1 amide bonds. The standard InChI is InChI=1S/C26H28FN3O3/c1-33-25-10-7-19(13-22(25)27)18-5-4-6-20-8-9-21(15-30(20)26(32)14-18)29-16-23(24(31)17-29)28-11-2-3-12-28/h4-10,13-15,23-24,31H,2-3,11-12,16-17H2,1H3/b5-4+,18-14+,20-6+/t23-,24-/m0/s1. The van der Waals surface area contributed by atoms with Crippen molar-refractivity contribution in [1.82, 2.24) is 14.7 Å². The number of halogens is 1. The van der Waals surface area contributed by atoms with E-state index in [1.165, 1.54) is 32.1 Å². The molecule has 0 bridgehead atoms. The van der Waals surface area contributed by atoms with Gasteiger partial charge in [-0.25, -0.2) is 4.39 Å². The first-order valence-electron chi connectivity index (χ1n) is 11.4. The van der Waals surface area contributed by atoms with Crippen LogP contribution in [-0.4, -0.2) is 71.1 Å². The van der Waals surface area contributed by atoms with E-state index in [0.29, 0.717) is 17.7 Å². The van der Waals surface area contributed by atoms with E-state index in [1.807, 2.05) is 30.5 Å². The summed E-state index contributed by atoms with van der Waals surface area (Å²) in [6.45, 7) is 3.36. The van der Waals surface area contributed by atoms with Gasteiger partial charge in [0, 0.05) is 31.1 Å². The Morgan fingerprint density at radius 3 is 2.64 bits per heavy atom. The van der Waals surface area contributed by atoms with Gasteiger partial charge in [-0.15, -0.1) is 0 Å². The molecule has 33 heavy (non-hydrogen) atoms. The zero-order valence-corrected chi connectivity index (χ0v) is 18.7. The number of likely N-dealkylation sites (tertiary alicyclic amines) is 2. The van der Waals surface area contributed by atoms with Gasteiger partial charge in [-0.2, -0.15) is 0 Å². The quantitative estimate of drug-likeness (QED) is 0.766. The molecular formula is C26H28FN3O3. The fourth-order valence-electron chi connectivity index (χ4n) is 4.95. The Morgan fingerprint density at radius 1 is 1.09 bits per heavy atom. The molecule has 0 unspecified atom stereocenters. The van der Waals surface area contributed by atoms with Crippen molar-refractivity contribution in [2.45, 2.75) is 25.0 Å². The molecular weight excluding hydrogens is 421 g/mol. The second-order valence-corrected chi connectivity index (χ2v) is 8.78. The Balaban J connectivity index is 1.39. The second kappa shape index (κ2) is 9.00. The molecule has 4 aliphatic rings. The summed E-state index contributed by atoms with van der Waals surface area (Å²) in [5, 5.41) is 10.7. The SMILES string of the molecule is COc1ccc(C2=C\C(=O)N3C=C(N4C[C@H](O)[C@@H](N5CCCC5)C4)C=C\C3=C/C=C/2)cc1F. The fraction of sp³-hybridized carbons (Fsp3) is 0.346. The lowest BCUT2D eigenvalue weighted by atomic mass is 10.0. The van der Waals surface area contributed by atoms with Crippen molar-refractivity contribution in [3.8, 4) is 5.75 Å². The number of benzene rings is 1. The van der Waals surface area contributed by atoms with Gasteiger partial charge in [0.15, 0.2) is 11.6 Å². The summed E-state index contributed by atoms with van der Waals surface area (Å²) in [4.78, 5) is 19.3. The van der Waals surface area contributed by atoms with Crippen LogP contribution in [-0.2, 0) is 4.79 Å². The Hall–Kier alpha value is -3.16. The number of methoxy groups -OCH3 is 1. The maximum Gasteiger partial charge on any atom is 0.255 e. The lowest BCUT2D eigenvalue weighted by Gasteiger charge is -2.29. The van der Waals surface area contributed by atoms with Crippen LogP contribution in [0.2, 0.25) is 0 Å². The number of aliphatic hydroxyl groups is 1. The number of allylic oxidation sites excluding steroid dienone is 6. The minimum Gasteiger partial charge on any atom is -0.494 e. The van der Waals surface area contributed by atoms with Crippen LogP contribution in [0.3, 0.4) is 0 Å². The number of carbonyl (C=O) groups excluding carboxylic acids is 1. The predicted octanol–water partition coefficient (Wildman–Crippen LogP) is 3.05. The van der Waals surface area contributed by atoms with Gasteiger partial charge in [0.05, 0.1) is 25.0 Å². The third-order valence-electron chi connectivity index (χ3n) is 6.74. The van der Waals surface area contributed by atoms with Crippen LogP contribution in [0.15, 0.2) is 72.2 Å². The summed E-state index contributed by atoms with van der Waals surface area (Å²) >= 11 is 0. The Labute approximate surface area is 193 Å². The molecule has 0 spiro atoms. The number of hydrogen-bond acceptors (Lipinski definition) is 5. The van der Waals surface area contributed by atoms with Crippen LogP contribution in [0.1, 0.15) is 18.4 Å². The smallest absolute Gasteiger partial charge is 0.255 e. The van der Waals surface area contributed by atoms with Crippen molar-refractivity contribution in [3.05, 3.63) is 83.6 Å². The van der Waals surface area contributed by atoms with Crippen molar-refractivity contribution >= 4 is 11.5 Å². The van der Waals surface area contributed by atoms with Gasteiger partial charge in [0.1, 0.15) is 0 Å². The Morgan fingerprint density at radius 2 is 1.88 bits per heavy atom. The van der Waals surface area contributed by atoms with Crippen molar-refractivity contribution < 1.29 is 19.0 Å². The third-order valence-corrected chi connectivity index (χ3v) is 6.74. The lowest BCUT2D eigenvalue weighted by molar-refractivity contribution is -0.122. The summed E-state index contributed by atoms with van der Waals surface area (Å²) in [7, 11) is 1.42. The molecule has 0 radical (unpaired) electrons. The van der Waals surface area contributed by atoms with Gasteiger partial charge >= 0.3 is 0 Å². The van der Waals surface area contributed by atoms with Crippen molar-refractivity contribution in [2.75, 3.05) is 33.3 Å². The second-order valence-electron chi connectivity index (χ2n) is 8.78. The molecule has 1 aromatic carbocycles. The molecule has 6 nitrogen and oxygen atoms in total. The molecule has 0 saturated carbocycles. The largest absolute Gasteiger partial charge is 0.494 e. The first-order chi connectivity index (χ1) is 16.0. The van der Waals surface area contributed by atoms with Gasteiger partial charge in [-0.1, -0.05) is 18.2 Å². The van der Waals surface area contributed by atoms with E-state index in [0.717, 1.165) is 31.0 Å². The third kappa shape index (κ3) is 4.26. The average Bonchev–Trinajstić information content (AvgIpc) is 3.47. The highest BCUT2D eigenvalue weighted by Crippen LogP contribution is 2.29. The molecule has 5 rings (SSSR count). The number of ether oxygens (including phenoxy) is 1. The van der Waals surface area contributed by atoms with Gasteiger partial charge in [-0.05, 0) is 67.4 Å². The zero-order valence-electron chi connectivity index (χ0n) is 18.7. The molecule has 4 aliphatic heterocycles. The van der Waals surface area contributed by atoms with Crippen LogP contribution < -0.4 is 4.74 Å².